The van der Waals surface area contributed by atoms with Gasteiger partial charge in [0.1, 0.15) is 5.82 Å². The minimum atomic E-state index is -0.169. The van der Waals surface area contributed by atoms with Crippen molar-refractivity contribution in [1.29, 1.82) is 0 Å². The second-order valence-corrected chi connectivity index (χ2v) is 4.28. The van der Waals surface area contributed by atoms with Crippen molar-refractivity contribution in [3.63, 3.8) is 0 Å². The summed E-state index contributed by atoms with van der Waals surface area (Å²) in [6.45, 7) is 1.62. The fraction of sp³-hybridized carbons (Fsp3) is 0.500. The minimum absolute atomic E-state index is 0.128. The third-order valence-corrected chi connectivity index (χ3v) is 3.29. The van der Waals surface area contributed by atoms with E-state index in [1.54, 1.807) is 6.07 Å². The molecule has 2 aliphatic rings. The van der Waals surface area contributed by atoms with Gasteiger partial charge in [-0.2, -0.15) is 0 Å². The van der Waals surface area contributed by atoms with Gasteiger partial charge >= 0.3 is 0 Å². The number of rotatable bonds is 1. The topological polar surface area (TPSA) is 21.3 Å². The quantitative estimate of drug-likeness (QED) is 0.761. The Balaban J connectivity index is 1.90. The van der Waals surface area contributed by atoms with Crippen molar-refractivity contribution in [3.05, 3.63) is 35.1 Å². The van der Waals surface area contributed by atoms with E-state index in [9.17, 15) is 4.39 Å². The zero-order chi connectivity index (χ0) is 10.3. The zero-order valence-electron chi connectivity index (χ0n) is 8.50. The highest BCUT2D eigenvalue weighted by Crippen LogP contribution is 2.35. The molecular weight excluding hydrogens is 193 g/mol. The van der Waals surface area contributed by atoms with Gasteiger partial charge < -0.3 is 10.1 Å². The molecule has 0 spiro atoms. The third-order valence-electron chi connectivity index (χ3n) is 3.29. The van der Waals surface area contributed by atoms with Crippen molar-refractivity contribution in [2.75, 3.05) is 6.54 Å². The van der Waals surface area contributed by atoms with Crippen molar-refractivity contribution < 1.29 is 9.13 Å². The first kappa shape index (κ1) is 9.31. The highest BCUT2D eigenvalue weighted by Gasteiger charge is 2.32. The van der Waals surface area contributed by atoms with E-state index in [0.717, 1.165) is 24.1 Å². The fourth-order valence-corrected chi connectivity index (χ4v) is 2.55. The van der Waals surface area contributed by atoms with Crippen LogP contribution in [-0.2, 0) is 11.3 Å². The molecule has 1 aromatic carbocycles. The third kappa shape index (κ3) is 1.56. The summed E-state index contributed by atoms with van der Waals surface area (Å²) in [5, 5.41) is 3.44. The molecule has 0 radical (unpaired) electrons. The molecule has 0 aliphatic carbocycles. The molecule has 1 fully saturated rings. The molecule has 1 aromatic rings. The molecule has 1 N–H and O–H groups in total. The van der Waals surface area contributed by atoms with E-state index in [2.05, 4.69) is 5.32 Å². The molecule has 15 heavy (non-hydrogen) atoms. The lowest BCUT2D eigenvalue weighted by Crippen LogP contribution is -2.28. The van der Waals surface area contributed by atoms with Crippen molar-refractivity contribution >= 4 is 0 Å². The van der Waals surface area contributed by atoms with Gasteiger partial charge in [-0.3, -0.25) is 0 Å². The van der Waals surface area contributed by atoms with Crippen LogP contribution in [-0.4, -0.2) is 12.6 Å². The van der Waals surface area contributed by atoms with Crippen LogP contribution in [0.1, 0.15) is 30.1 Å². The second-order valence-electron chi connectivity index (χ2n) is 4.28. The van der Waals surface area contributed by atoms with Crippen LogP contribution in [0.15, 0.2) is 18.2 Å². The Kier molecular flexibility index (Phi) is 2.22. The molecular formula is C12H14FNO. The Hall–Kier alpha value is -0.930. The largest absolute Gasteiger partial charge is 0.367 e. The maximum atomic E-state index is 13.0. The standard InChI is InChI=1S/C12H14FNO/c13-9-3-4-10-8(6-9)7-15-12(10)11-2-1-5-14-11/h3-4,6,11-12,14H,1-2,5,7H2/t11-,12+/m1/s1. The van der Waals surface area contributed by atoms with Gasteiger partial charge in [-0.05, 0) is 42.6 Å². The number of nitrogens with one attached hydrogen (secondary N) is 1. The predicted molar refractivity (Wildman–Crippen MR) is 55.0 cm³/mol. The van der Waals surface area contributed by atoms with Crippen molar-refractivity contribution in [3.8, 4) is 0 Å². The Morgan fingerprint density at radius 1 is 1.40 bits per heavy atom. The molecule has 2 aliphatic heterocycles. The Labute approximate surface area is 88.4 Å². The molecule has 0 aromatic heterocycles. The molecule has 2 atom stereocenters. The maximum absolute atomic E-state index is 13.0. The zero-order valence-corrected chi connectivity index (χ0v) is 8.50. The molecule has 2 nitrogen and oxygen atoms in total. The van der Waals surface area contributed by atoms with Crippen LogP contribution < -0.4 is 5.32 Å². The molecule has 0 amide bonds. The van der Waals surface area contributed by atoms with Crippen LogP contribution in [0.3, 0.4) is 0 Å². The number of hydrogen-bond donors (Lipinski definition) is 1. The number of fused-ring (bicyclic) bond motifs is 1. The SMILES string of the molecule is Fc1ccc2c(c1)CO[C@@H]2[C@H]1CCCN1. The lowest BCUT2D eigenvalue weighted by molar-refractivity contribution is 0.0426. The lowest BCUT2D eigenvalue weighted by atomic mass is 9.99. The van der Waals surface area contributed by atoms with Gasteiger partial charge in [-0.15, -0.1) is 0 Å². The molecule has 0 saturated carbocycles. The van der Waals surface area contributed by atoms with Crippen molar-refractivity contribution in [2.45, 2.75) is 31.6 Å². The van der Waals surface area contributed by atoms with Crippen molar-refractivity contribution in [2.24, 2.45) is 0 Å². The first-order valence-corrected chi connectivity index (χ1v) is 5.48. The summed E-state index contributed by atoms with van der Waals surface area (Å²) in [5.74, 6) is -0.169. The van der Waals surface area contributed by atoms with E-state index in [1.165, 1.54) is 12.5 Å². The fourth-order valence-electron chi connectivity index (χ4n) is 2.55. The smallest absolute Gasteiger partial charge is 0.123 e. The number of halogens is 1. The van der Waals surface area contributed by atoms with Crippen LogP contribution in [0.4, 0.5) is 4.39 Å². The Bertz CT molecular complexity index is 374. The van der Waals surface area contributed by atoms with Gasteiger partial charge in [0.25, 0.3) is 0 Å². The van der Waals surface area contributed by atoms with E-state index < -0.39 is 0 Å². The first-order valence-electron chi connectivity index (χ1n) is 5.48. The molecule has 80 valence electrons. The number of ether oxygens (including phenoxy) is 1. The highest BCUT2D eigenvalue weighted by molar-refractivity contribution is 5.33. The lowest BCUT2D eigenvalue weighted by Gasteiger charge is -2.18. The summed E-state index contributed by atoms with van der Waals surface area (Å²) in [4.78, 5) is 0. The van der Waals surface area contributed by atoms with Gasteiger partial charge in [0.05, 0.1) is 12.7 Å². The summed E-state index contributed by atoms with van der Waals surface area (Å²) in [7, 11) is 0. The van der Waals surface area contributed by atoms with Crippen LogP contribution in [0.2, 0.25) is 0 Å². The molecule has 3 heteroatoms. The summed E-state index contributed by atoms with van der Waals surface area (Å²) >= 11 is 0. The van der Waals surface area contributed by atoms with Gasteiger partial charge in [0.2, 0.25) is 0 Å². The van der Waals surface area contributed by atoms with Crippen LogP contribution in [0.25, 0.3) is 0 Å². The van der Waals surface area contributed by atoms with Gasteiger partial charge in [-0.1, -0.05) is 6.07 Å². The number of benzene rings is 1. The van der Waals surface area contributed by atoms with Gasteiger partial charge in [0, 0.05) is 6.04 Å². The average molecular weight is 207 g/mol. The average Bonchev–Trinajstić information content (AvgIpc) is 2.82. The van der Waals surface area contributed by atoms with Gasteiger partial charge in [-0.25, -0.2) is 4.39 Å². The minimum Gasteiger partial charge on any atom is -0.367 e. The monoisotopic (exact) mass is 207 g/mol. The normalized spacial score (nSPS) is 29.4. The van der Waals surface area contributed by atoms with E-state index in [0.29, 0.717) is 12.6 Å². The van der Waals surface area contributed by atoms with E-state index in [-0.39, 0.29) is 11.9 Å². The number of hydrogen-bond acceptors (Lipinski definition) is 2. The Morgan fingerprint density at radius 2 is 2.33 bits per heavy atom. The van der Waals surface area contributed by atoms with Gasteiger partial charge in [0.15, 0.2) is 0 Å². The summed E-state index contributed by atoms with van der Waals surface area (Å²) in [6.07, 6.45) is 2.49. The molecule has 0 unspecified atom stereocenters. The molecule has 0 bridgehead atoms. The Morgan fingerprint density at radius 3 is 3.13 bits per heavy atom. The molecule has 2 heterocycles. The molecule has 1 saturated heterocycles. The first-order chi connectivity index (χ1) is 7.34. The van der Waals surface area contributed by atoms with Crippen LogP contribution in [0, 0.1) is 5.82 Å². The van der Waals surface area contributed by atoms with E-state index in [1.807, 2.05) is 6.07 Å². The second kappa shape index (κ2) is 3.58. The van der Waals surface area contributed by atoms with Crippen molar-refractivity contribution in [1.82, 2.24) is 5.32 Å². The molecule has 3 rings (SSSR count). The highest BCUT2D eigenvalue weighted by atomic mass is 19.1. The maximum Gasteiger partial charge on any atom is 0.123 e. The summed E-state index contributed by atoms with van der Waals surface area (Å²) in [6, 6.07) is 5.39. The summed E-state index contributed by atoms with van der Waals surface area (Å²) in [5.41, 5.74) is 2.17. The van der Waals surface area contributed by atoms with Crippen LogP contribution >= 0.6 is 0 Å². The van der Waals surface area contributed by atoms with E-state index >= 15 is 0 Å². The van der Waals surface area contributed by atoms with Crippen LogP contribution in [0.5, 0.6) is 0 Å². The summed E-state index contributed by atoms with van der Waals surface area (Å²) < 4.78 is 18.7. The predicted octanol–water partition coefficient (Wildman–Crippen LogP) is 2.15. The van der Waals surface area contributed by atoms with E-state index in [4.69, 9.17) is 4.74 Å².